The summed E-state index contributed by atoms with van der Waals surface area (Å²) in [6.07, 6.45) is 0. The Morgan fingerprint density at radius 1 is 0.950 bits per heavy atom. The van der Waals surface area contributed by atoms with Crippen molar-refractivity contribution >= 4 is 11.6 Å². The van der Waals surface area contributed by atoms with Gasteiger partial charge in [0.05, 0.1) is 11.6 Å². The Balaban J connectivity index is 1.93. The van der Waals surface area contributed by atoms with Gasteiger partial charge in [0.1, 0.15) is 5.69 Å². The van der Waals surface area contributed by atoms with Crippen LogP contribution >= 0.6 is 11.6 Å². The number of rotatable bonds is 2. The molecule has 0 aliphatic rings. The molecule has 0 atom stereocenters. The van der Waals surface area contributed by atoms with E-state index in [2.05, 4.69) is 11.2 Å². The van der Waals surface area contributed by atoms with E-state index in [0.29, 0.717) is 16.3 Å². The first-order chi connectivity index (χ1) is 9.76. The zero-order chi connectivity index (χ0) is 13.9. The van der Waals surface area contributed by atoms with Crippen LogP contribution in [0.3, 0.4) is 0 Å². The smallest absolute Gasteiger partial charge is 0.167 e. The second-order valence-electron chi connectivity index (χ2n) is 4.27. The van der Waals surface area contributed by atoms with Gasteiger partial charge in [0, 0.05) is 22.2 Å². The van der Waals surface area contributed by atoms with E-state index in [-0.39, 0.29) is 0 Å². The Morgan fingerprint density at radius 3 is 2.25 bits per heavy atom. The molecule has 96 valence electrons. The highest BCUT2D eigenvalue weighted by Gasteiger charge is 2.08. The first-order valence-electron chi connectivity index (χ1n) is 5.99. The fourth-order valence-electron chi connectivity index (χ4n) is 1.88. The Kier molecular flexibility index (Phi) is 3.24. The van der Waals surface area contributed by atoms with Crippen molar-refractivity contribution in [3.8, 4) is 28.7 Å². The largest absolute Gasteiger partial charge is 0.356 e. The summed E-state index contributed by atoms with van der Waals surface area (Å²) in [5.74, 6) is 0.666. The van der Waals surface area contributed by atoms with Gasteiger partial charge in [-0.1, -0.05) is 28.9 Å². The van der Waals surface area contributed by atoms with Gasteiger partial charge in [0.2, 0.25) is 0 Å². The molecule has 0 aliphatic heterocycles. The fraction of sp³-hybridized carbons (Fsp3) is 0. The molecule has 3 rings (SSSR count). The molecule has 0 N–H and O–H groups in total. The van der Waals surface area contributed by atoms with Gasteiger partial charge in [-0.2, -0.15) is 5.26 Å². The van der Waals surface area contributed by atoms with Gasteiger partial charge in [-0.05, 0) is 36.4 Å². The number of halogens is 1. The van der Waals surface area contributed by atoms with E-state index in [1.54, 1.807) is 12.1 Å². The molecule has 3 aromatic rings. The molecule has 0 radical (unpaired) electrons. The normalized spacial score (nSPS) is 10.2. The lowest BCUT2D eigenvalue weighted by Crippen LogP contribution is -1.76. The molecular formula is C16H9ClN2O. The van der Waals surface area contributed by atoms with E-state index in [1.807, 2.05) is 42.5 Å². The fourth-order valence-corrected chi connectivity index (χ4v) is 2.00. The third-order valence-corrected chi connectivity index (χ3v) is 3.20. The van der Waals surface area contributed by atoms with Crippen LogP contribution in [0.1, 0.15) is 5.56 Å². The van der Waals surface area contributed by atoms with Gasteiger partial charge >= 0.3 is 0 Å². The van der Waals surface area contributed by atoms with Gasteiger partial charge in [-0.15, -0.1) is 0 Å². The molecule has 1 aromatic heterocycles. The highest BCUT2D eigenvalue weighted by Crippen LogP contribution is 2.26. The van der Waals surface area contributed by atoms with Crippen molar-refractivity contribution in [3.63, 3.8) is 0 Å². The lowest BCUT2D eigenvalue weighted by atomic mass is 10.1. The first kappa shape index (κ1) is 12.5. The summed E-state index contributed by atoms with van der Waals surface area (Å²) >= 11 is 5.86. The Hall–Kier alpha value is -2.57. The summed E-state index contributed by atoms with van der Waals surface area (Å²) in [4.78, 5) is 0. The van der Waals surface area contributed by atoms with Crippen LogP contribution in [-0.2, 0) is 0 Å². The average molecular weight is 281 g/mol. The van der Waals surface area contributed by atoms with E-state index < -0.39 is 0 Å². The topological polar surface area (TPSA) is 49.8 Å². The third-order valence-electron chi connectivity index (χ3n) is 2.95. The van der Waals surface area contributed by atoms with Crippen LogP contribution in [0.25, 0.3) is 22.6 Å². The third kappa shape index (κ3) is 2.42. The van der Waals surface area contributed by atoms with Crippen LogP contribution in [0.5, 0.6) is 0 Å². The second-order valence-corrected chi connectivity index (χ2v) is 4.71. The van der Waals surface area contributed by atoms with Crippen molar-refractivity contribution in [3.05, 3.63) is 65.2 Å². The van der Waals surface area contributed by atoms with Crippen molar-refractivity contribution in [1.29, 1.82) is 5.26 Å². The molecule has 0 fully saturated rings. The molecule has 2 aromatic carbocycles. The van der Waals surface area contributed by atoms with Gasteiger partial charge in [-0.3, -0.25) is 0 Å². The maximum absolute atomic E-state index is 8.78. The van der Waals surface area contributed by atoms with Crippen LogP contribution in [0.15, 0.2) is 59.1 Å². The van der Waals surface area contributed by atoms with E-state index in [0.717, 1.165) is 16.8 Å². The van der Waals surface area contributed by atoms with Crippen LogP contribution < -0.4 is 0 Å². The lowest BCUT2D eigenvalue weighted by Gasteiger charge is -1.95. The van der Waals surface area contributed by atoms with Crippen LogP contribution in [0.2, 0.25) is 5.02 Å². The predicted octanol–water partition coefficient (Wildman–Crippen LogP) is 4.53. The van der Waals surface area contributed by atoms with Gasteiger partial charge in [-0.25, -0.2) is 0 Å². The van der Waals surface area contributed by atoms with Crippen molar-refractivity contribution in [2.24, 2.45) is 0 Å². The number of nitriles is 1. The van der Waals surface area contributed by atoms with Crippen molar-refractivity contribution in [1.82, 2.24) is 5.16 Å². The van der Waals surface area contributed by atoms with Crippen molar-refractivity contribution < 1.29 is 4.52 Å². The van der Waals surface area contributed by atoms with Crippen LogP contribution in [-0.4, -0.2) is 5.16 Å². The Morgan fingerprint density at radius 2 is 1.60 bits per heavy atom. The summed E-state index contributed by atoms with van der Waals surface area (Å²) < 4.78 is 5.34. The minimum Gasteiger partial charge on any atom is -0.356 e. The average Bonchev–Trinajstić information content (AvgIpc) is 2.98. The standard InChI is InChI=1S/C16H9ClN2O/c17-14-7-5-12(6-8-14)15-9-16(20-19-15)13-3-1-11(10-18)2-4-13/h1-9H. The molecule has 4 heteroatoms. The number of nitrogens with zero attached hydrogens (tertiary/aromatic N) is 2. The van der Waals surface area contributed by atoms with E-state index in [1.165, 1.54) is 0 Å². The molecule has 20 heavy (non-hydrogen) atoms. The molecular weight excluding hydrogens is 272 g/mol. The summed E-state index contributed by atoms with van der Waals surface area (Å²) in [7, 11) is 0. The van der Waals surface area contributed by atoms with E-state index in [4.69, 9.17) is 21.4 Å². The zero-order valence-electron chi connectivity index (χ0n) is 10.4. The highest BCUT2D eigenvalue weighted by atomic mass is 35.5. The molecule has 3 nitrogen and oxygen atoms in total. The maximum atomic E-state index is 8.78. The second kappa shape index (κ2) is 5.20. The predicted molar refractivity (Wildman–Crippen MR) is 77.1 cm³/mol. The molecule has 0 spiro atoms. The summed E-state index contributed by atoms with van der Waals surface area (Å²) in [5, 5.41) is 13.5. The highest BCUT2D eigenvalue weighted by molar-refractivity contribution is 6.30. The number of hydrogen-bond donors (Lipinski definition) is 0. The van der Waals surface area contributed by atoms with Crippen LogP contribution in [0.4, 0.5) is 0 Å². The van der Waals surface area contributed by atoms with Crippen LogP contribution in [0, 0.1) is 11.3 Å². The van der Waals surface area contributed by atoms with E-state index >= 15 is 0 Å². The van der Waals surface area contributed by atoms with Gasteiger partial charge in [0.15, 0.2) is 5.76 Å². The van der Waals surface area contributed by atoms with Gasteiger partial charge in [0.25, 0.3) is 0 Å². The molecule has 0 unspecified atom stereocenters. The number of aromatic nitrogens is 1. The molecule has 1 heterocycles. The van der Waals surface area contributed by atoms with Gasteiger partial charge < -0.3 is 4.52 Å². The SMILES string of the molecule is N#Cc1ccc(-c2cc(-c3ccc(Cl)cc3)no2)cc1. The van der Waals surface area contributed by atoms with Crippen molar-refractivity contribution in [2.45, 2.75) is 0 Å². The monoisotopic (exact) mass is 280 g/mol. The Labute approximate surface area is 121 Å². The quantitative estimate of drug-likeness (QED) is 0.693. The molecule has 0 amide bonds. The molecule has 0 saturated carbocycles. The number of hydrogen-bond acceptors (Lipinski definition) is 3. The van der Waals surface area contributed by atoms with E-state index in [9.17, 15) is 0 Å². The summed E-state index contributed by atoms with van der Waals surface area (Å²) in [5.41, 5.74) is 3.20. The van der Waals surface area contributed by atoms with Crippen molar-refractivity contribution in [2.75, 3.05) is 0 Å². The number of benzene rings is 2. The minimum absolute atomic E-state index is 0.617. The Bertz CT molecular complexity index is 767. The molecule has 0 bridgehead atoms. The zero-order valence-corrected chi connectivity index (χ0v) is 11.1. The maximum Gasteiger partial charge on any atom is 0.167 e. The lowest BCUT2D eigenvalue weighted by molar-refractivity contribution is 0.435. The molecule has 0 aliphatic carbocycles. The first-order valence-corrected chi connectivity index (χ1v) is 6.37. The summed E-state index contributed by atoms with van der Waals surface area (Å²) in [6, 6.07) is 18.5. The summed E-state index contributed by atoms with van der Waals surface area (Å²) in [6.45, 7) is 0. The molecule has 0 saturated heterocycles. The minimum atomic E-state index is 0.617.